The van der Waals surface area contributed by atoms with Gasteiger partial charge in [0.1, 0.15) is 12.4 Å². The molecule has 1 amide bonds. The number of hydrogen-bond donors (Lipinski definition) is 0. The zero-order valence-electron chi connectivity index (χ0n) is 14.0. The van der Waals surface area contributed by atoms with Crippen molar-refractivity contribution in [1.82, 2.24) is 0 Å². The molecule has 0 atom stereocenters. The van der Waals surface area contributed by atoms with Crippen molar-refractivity contribution < 1.29 is 19.0 Å². The fraction of sp³-hybridized carbons (Fsp3) is 0.100. The number of hydrogen-bond acceptors (Lipinski definition) is 6. The third-order valence-electron chi connectivity index (χ3n) is 4.38. The number of rotatable bonds is 2. The van der Waals surface area contributed by atoms with E-state index in [1.54, 1.807) is 18.2 Å². The predicted molar refractivity (Wildman–Crippen MR) is 108 cm³/mol. The third-order valence-corrected chi connectivity index (χ3v) is 5.68. The summed E-state index contributed by atoms with van der Waals surface area (Å²) in [5, 5.41) is 0. The number of nitrogens with zero attached hydrogens (tertiary/aromatic N) is 1. The van der Waals surface area contributed by atoms with E-state index in [4.69, 9.17) is 26.4 Å². The van der Waals surface area contributed by atoms with E-state index >= 15 is 0 Å². The minimum Gasteiger partial charge on any atom is -0.488 e. The van der Waals surface area contributed by atoms with Crippen LogP contribution in [0, 0.1) is 0 Å². The molecule has 5 nitrogen and oxygen atoms in total. The lowest BCUT2D eigenvalue weighted by Crippen LogP contribution is -2.27. The van der Waals surface area contributed by atoms with Crippen molar-refractivity contribution in [3.63, 3.8) is 0 Å². The number of benzene rings is 2. The molecule has 27 heavy (non-hydrogen) atoms. The van der Waals surface area contributed by atoms with Crippen LogP contribution in [0.5, 0.6) is 17.2 Å². The number of anilines is 1. The molecule has 0 saturated carbocycles. The molecule has 0 spiro atoms. The quantitative estimate of drug-likeness (QED) is 0.563. The maximum absolute atomic E-state index is 12.9. The highest BCUT2D eigenvalue weighted by Gasteiger charge is 2.34. The SMILES string of the molecule is O=C1/C(=C\C2=Cc3ccccc3OC2)SC(=S)N1c1ccc2c(c1)OCO2. The smallest absolute Gasteiger partial charge is 0.270 e. The van der Waals surface area contributed by atoms with Crippen LogP contribution in [0.3, 0.4) is 0 Å². The van der Waals surface area contributed by atoms with Gasteiger partial charge >= 0.3 is 0 Å². The first-order valence-electron chi connectivity index (χ1n) is 8.29. The van der Waals surface area contributed by atoms with Crippen LogP contribution in [0.25, 0.3) is 6.08 Å². The Hall–Kier alpha value is -2.77. The summed E-state index contributed by atoms with van der Waals surface area (Å²) in [5.41, 5.74) is 2.60. The van der Waals surface area contributed by atoms with Crippen LogP contribution in [0.15, 0.2) is 59.0 Å². The highest BCUT2D eigenvalue weighted by Crippen LogP contribution is 2.41. The van der Waals surface area contributed by atoms with Gasteiger partial charge in [0.2, 0.25) is 6.79 Å². The first-order chi connectivity index (χ1) is 13.2. The number of ether oxygens (including phenoxy) is 3. The molecule has 3 aliphatic heterocycles. The summed E-state index contributed by atoms with van der Waals surface area (Å²) in [5.74, 6) is 1.99. The Morgan fingerprint density at radius 3 is 2.81 bits per heavy atom. The molecule has 0 radical (unpaired) electrons. The molecule has 2 aromatic rings. The van der Waals surface area contributed by atoms with Crippen molar-refractivity contribution in [2.45, 2.75) is 0 Å². The van der Waals surface area contributed by atoms with Crippen LogP contribution < -0.4 is 19.1 Å². The zero-order valence-corrected chi connectivity index (χ0v) is 15.6. The summed E-state index contributed by atoms with van der Waals surface area (Å²) < 4.78 is 17.0. The van der Waals surface area contributed by atoms with Gasteiger partial charge < -0.3 is 14.2 Å². The minimum atomic E-state index is -0.149. The molecule has 1 saturated heterocycles. The molecular formula is C20H13NO4S2. The molecule has 7 heteroatoms. The Kier molecular flexibility index (Phi) is 3.91. The molecule has 2 aromatic carbocycles. The fourth-order valence-electron chi connectivity index (χ4n) is 3.10. The molecule has 1 fully saturated rings. The Bertz CT molecular complexity index is 1040. The Balaban J connectivity index is 1.45. The summed E-state index contributed by atoms with van der Waals surface area (Å²) in [6.07, 6.45) is 3.88. The van der Waals surface area contributed by atoms with Gasteiger partial charge in [-0.25, -0.2) is 0 Å². The van der Waals surface area contributed by atoms with Crippen LogP contribution in [0.1, 0.15) is 5.56 Å². The van der Waals surface area contributed by atoms with Crippen LogP contribution in [-0.4, -0.2) is 23.6 Å². The predicted octanol–water partition coefficient (Wildman–Crippen LogP) is 4.14. The van der Waals surface area contributed by atoms with Crippen molar-refractivity contribution >= 4 is 46.0 Å². The van der Waals surface area contributed by atoms with Gasteiger partial charge in [0, 0.05) is 11.6 Å². The van der Waals surface area contributed by atoms with Crippen LogP contribution >= 0.6 is 24.0 Å². The number of thioether (sulfide) groups is 1. The maximum Gasteiger partial charge on any atom is 0.270 e. The van der Waals surface area contributed by atoms with Crippen LogP contribution in [0.4, 0.5) is 5.69 Å². The van der Waals surface area contributed by atoms with E-state index < -0.39 is 0 Å². The van der Waals surface area contributed by atoms with Crippen molar-refractivity contribution in [2.75, 3.05) is 18.3 Å². The number of carbonyl (C=O) groups is 1. The third kappa shape index (κ3) is 2.89. The fourth-order valence-corrected chi connectivity index (χ4v) is 4.41. The Labute approximate surface area is 165 Å². The van der Waals surface area contributed by atoms with E-state index in [0.29, 0.717) is 33.0 Å². The van der Waals surface area contributed by atoms with Gasteiger partial charge in [-0.2, -0.15) is 0 Å². The summed E-state index contributed by atoms with van der Waals surface area (Å²) in [6, 6.07) is 13.2. The van der Waals surface area contributed by atoms with Gasteiger partial charge in [-0.3, -0.25) is 9.69 Å². The zero-order chi connectivity index (χ0) is 18.4. The molecule has 0 N–H and O–H groups in total. The Morgan fingerprint density at radius 1 is 1.04 bits per heavy atom. The largest absolute Gasteiger partial charge is 0.488 e. The molecule has 0 unspecified atom stereocenters. The van der Waals surface area contributed by atoms with Crippen LogP contribution in [-0.2, 0) is 4.79 Å². The van der Waals surface area contributed by atoms with Crippen molar-refractivity contribution in [3.05, 3.63) is 64.6 Å². The lowest BCUT2D eigenvalue weighted by molar-refractivity contribution is -0.113. The standard InChI is InChI=1S/C20H13NO4S2/c22-19-18(8-12-7-13-3-1-2-4-15(13)23-10-12)27-20(26)21(19)14-5-6-16-17(9-14)25-11-24-16/h1-9H,10-11H2/b18-8+. The van der Waals surface area contributed by atoms with E-state index in [0.717, 1.165) is 16.9 Å². The minimum absolute atomic E-state index is 0.149. The molecule has 134 valence electrons. The second-order valence-electron chi connectivity index (χ2n) is 6.10. The van der Waals surface area contributed by atoms with Gasteiger partial charge in [-0.15, -0.1) is 0 Å². The van der Waals surface area contributed by atoms with Crippen molar-refractivity contribution in [2.24, 2.45) is 0 Å². The van der Waals surface area contributed by atoms with E-state index in [2.05, 4.69) is 0 Å². The van der Waals surface area contributed by atoms with E-state index in [1.807, 2.05) is 36.4 Å². The number of thiocarbonyl (C=S) groups is 1. The average Bonchev–Trinajstić information content (AvgIpc) is 3.25. The van der Waals surface area contributed by atoms with Crippen molar-refractivity contribution in [3.8, 4) is 17.2 Å². The summed E-state index contributed by atoms with van der Waals surface area (Å²) in [7, 11) is 0. The van der Waals surface area contributed by atoms with E-state index in [-0.39, 0.29) is 12.7 Å². The number of para-hydroxylation sites is 1. The van der Waals surface area contributed by atoms with Gasteiger partial charge in [0.25, 0.3) is 5.91 Å². The highest BCUT2D eigenvalue weighted by atomic mass is 32.2. The molecule has 0 aromatic heterocycles. The number of amides is 1. The molecule has 0 bridgehead atoms. The van der Waals surface area contributed by atoms with Gasteiger partial charge in [-0.1, -0.05) is 42.2 Å². The second-order valence-corrected chi connectivity index (χ2v) is 7.78. The monoisotopic (exact) mass is 395 g/mol. The molecule has 0 aliphatic carbocycles. The highest BCUT2D eigenvalue weighted by molar-refractivity contribution is 8.27. The first-order valence-corrected chi connectivity index (χ1v) is 9.51. The Morgan fingerprint density at radius 2 is 1.89 bits per heavy atom. The summed E-state index contributed by atoms with van der Waals surface area (Å²) >= 11 is 6.73. The van der Waals surface area contributed by atoms with Gasteiger partial charge in [0.15, 0.2) is 15.8 Å². The molecule has 5 rings (SSSR count). The number of fused-ring (bicyclic) bond motifs is 2. The lowest BCUT2D eigenvalue weighted by atomic mass is 10.1. The van der Waals surface area contributed by atoms with E-state index in [1.165, 1.54) is 16.7 Å². The van der Waals surface area contributed by atoms with E-state index in [9.17, 15) is 4.79 Å². The average molecular weight is 395 g/mol. The first kappa shape index (κ1) is 16.4. The summed E-state index contributed by atoms with van der Waals surface area (Å²) in [6.45, 7) is 0.609. The number of carbonyl (C=O) groups excluding carboxylic acids is 1. The maximum atomic E-state index is 12.9. The molecule has 3 aliphatic rings. The molecule has 3 heterocycles. The molecular weight excluding hydrogens is 382 g/mol. The topological polar surface area (TPSA) is 48.0 Å². The van der Waals surface area contributed by atoms with Crippen LogP contribution in [0.2, 0.25) is 0 Å². The van der Waals surface area contributed by atoms with Gasteiger partial charge in [0.05, 0.1) is 10.6 Å². The van der Waals surface area contributed by atoms with Gasteiger partial charge in [-0.05, 0) is 35.9 Å². The normalized spacial score (nSPS) is 19.2. The lowest BCUT2D eigenvalue weighted by Gasteiger charge is -2.16. The summed E-state index contributed by atoms with van der Waals surface area (Å²) in [4.78, 5) is 15.0. The van der Waals surface area contributed by atoms with Crippen molar-refractivity contribution in [1.29, 1.82) is 0 Å². The second kappa shape index (κ2) is 6.44.